The van der Waals surface area contributed by atoms with Gasteiger partial charge in [-0.05, 0) is 48.9 Å². The third-order valence-corrected chi connectivity index (χ3v) is 3.84. The first-order valence-corrected chi connectivity index (χ1v) is 7.90. The highest BCUT2D eigenvalue weighted by Gasteiger charge is 2.19. The first kappa shape index (κ1) is 16.9. The van der Waals surface area contributed by atoms with Crippen molar-refractivity contribution >= 4 is 29.0 Å². The van der Waals surface area contributed by atoms with Crippen LogP contribution in [0.3, 0.4) is 0 Å². The molecule has 0 fully saturated rings. The molecule has 1 atom stereocenters. The molecule has 0 aliphatic heterocycles. The van der Waals surface area contributed by atoms with Crippen LogP contribution in [0.4, 0.5) is 15.9 Å². The number of carbonyl (C=O) groups is 1. The second-order valence-corrected chi connectivity index (χ2v) is 5.84. The van der Waals surface area contributed by atoms with Crippen LogP contribution < -0.4 is 10.6 Å². The van der Waals surface area contributed by atoms with E-state index in [0.29, 0.717) is 10.8 Å². The second kappa shape index (κ2) is 7.31. The molecule has 6 nitrogen and oxygen atoms in total. The molecule has 2 aromatic carbocycles. The van der Waals surface area contributed by atoms with Gasteiger partial charge in [-0.1, -0.05) is 23.7 Å². The molecule has 0 saturated carbocycles. The predicted molar refractivity (Wildman–Crippen MR) is 93.4 cm³/mol. The molecule has 128 valence electrons. The molecule has 0 saturated heterocycles. The minimum absolute atomic E-state index is 0.129. The summed E-state index contributed by atoms with van der Waals surface area (Å²) in [4.78, 5) is 12.5. The van der Waals surface area contributed by atoms with Crippen LogP contribution in [-0.2, 0) is 0 Å². The number of rotatable bonds is 5. The summed E-state index contributed by atoms with van der Waals surface area (Å²) in [5.74, 6) is -0.429. The largest absolute Gasteiger partial charge is 0.344 e. The van der Waals surface area contributed by atoms with Crippen LogP contribution in [0.5, 0.6) is 0 Å². The molecular formula is C17H15ClFN5O. The van der Waals surface area contributed by atoms with Gasteiger partial charge in [0.15, 0.2) is 11.5 Å². The standard InChI is InChI=1S/C17H15ClFN5O/c1-10(11-2-6-13(19)7-3-11)20-17(25)15-16(23-24-22-15)21-14-8-4-12(18)5-9-14/h2-10H,1H3,(H,20,25)(H2,21,22,23,24)/t10-/m1/s1. The van der Waals surface area contributed by atoms with Gasteiger partial charge in [0.25, 0.3) is 5.91 Å². The number of H-pyrrole nitrogens is 1. The molecular weight excluding hydrogens is 345 g/mol. The number of benzene rings is 2. The van der Waals surface area contributed by atoms with Crippen LogP contribution in [0.25, 0.3) is 0 Å². The van der Waals surface area contributed by atoms with Crippen molar-refractivity contribution in [1.82, 2.24) is 20.7 Å². The van der Waals surface area contributed by atoms with Gasteiger partial charge in [0.1, 0.15) is 5.82 Å². The molecule has 0 unspecified atom stereocenters. The number of anilines is 2. The molecule has 3 rings (SSSR count). The number of carbonyl (C=O) groups excluding carboxylic acids is 1. The summed E-state index contributed by atoms with van der Waals surface area (Å²) >= 11 is 5.85. The van der Waals surface area contributed by atoms with E-state index in [-0.39, 0.29) is 17.6 Å². The number of hydrogen-bond donors (Lipinski definition) is 3. The van der Waals surface area contributed by atoms with E-state index in [1.807, 2.05) is 0 Å². The SMILES string of the molecule is C[C@@H](NC(=O)c1n[nH]nc1Nc1ccc(Cl)cc1)c1ccc(F)cc1. The van der Waals surface area contributed by atoms with E-state index in [2.05, 4.69) is 26.0 Å². The van der Waals surface area contributed by atoms with Gasteiger partial charge in [0.05, 0.1) is 6.04 Å². The Balaban J connectivity index is 1.71. The minimum atomic E-state index is -0.401. The van der Waals surface area contributed by atoms with Crippen molar-refractivity contribution in [2.75, 3.05) is 5.32 Å². The summed E-state index contributed by atoms with van der Waals surface area (Å²) in [6, 6.07) is 12.6. The normalized spacial score (nSPS) is 11.8. The van der Waals surface area contributed by atoms with E-state index in [4.69, 9.17) is 11.6 Å². The fourth-order valence-electron chi connectivity index (χ4n) is 2.25. The third-order valence-electron chi connectivity index (χ3n) is 3.59. The molecule has 0 bridgehead atoms. The lowest BCUT2D eigenvalue weighted by Gasteiger charge is -2.14. The molecule has 0 spiro atoms. The second-order valence-electron chi connectivity index (χ2n) is 5.40. The predicted octanol–water partition coefficient (Wildman–Crippen LogP) is 3.83. The zero-order valence-corrected chi connectivity index (χ0v) is 14.0. The van der Waals surface area contributed by atoms with Gasteiger partial charge in [-0.25, -0.2) is 4.39 Å². The Labute approximate surface area is 148 Å². The maximum absolute atomic E-state index is 13.0. The maximum atomic E-state index is 13.0. The third kappa shape index (κ3) is 4.13. The Kier molecular flexibility index (Phi) is 4.95. The topological polar surface area (TPSA) is 82.7 Å². The Bertz CT molecular complexity index is 864. The average molecular weight is 360 g/mol. The van der Waals surface area contributed by atoms with Crippen LogP contribution in [0.1, 0.15) is 29.0 Å². The molecule has 0 radical (unpaired) electrons. The average Bonchev–Trinajstić information content (AvgIpc) is 3.05. The maximum Gasteiger partial charge on any atom is 0.276 e. The van der Waals surface area contributed by atoms with Crippen LogP contribution in [0, 0.1) is 5.82 Å². The van der Waals surface area contributed by atoms with Crippen molar-refractivity contribution in [2.45, 2.75) is 13.0 Å². The highest BCUT2D eigenvalue weighted by Crippen LogP contribution is 2.20. The number of aromatic nitrogens is 3. The number of aromatic amines is 1. The minimum Gasteiger partial charge on any atom is -0.344 e. The molecule has 3 N–H and O–H groups in total. The van der Waals surface area contributed by atoms with Gasteiger partial charge in [0.2, 0.25) is 0 Å². The van der Waals surface area contributed by atoms with E-state index in [1.54, 1.807) is 43.3 Å². The van der Waals surface area contributed by atoms with Gasteiger partial charge in [-0.2, -0.15) is 5.21 Å². The highest BCUT2D eigenvalue weighted by atomic mass is 35.5. The lowest BCUT2D eigenvalue weighted by Crippen LogP contribution is -2.27. The van der Waals surface area contributed by atoms with Crippen molar-refractivity contribution in [3.8, 4) is 0 Å². The molecule has 1 heterocycles. The molecule has 0 aliphatic rings. The summed E-state index contributed by atoms with van der Waals surface area (Å²) in [6.07, 6.45) is 0. The summed E-state index contributed by atoms with van der Waals surface area (Å²) < 4.78 is 13.0. The van der Waals surface area contributed by atoms with Crippen molar-refractivity contribution < 1.29 is 9.18 Å². The molecule has 3 aromatic rings. The highest BCUT2D eigenvalue weighted by molar-refractivity contribution is 6.30. The Hall–Kier alpha value is -2.93. The fraction of sp³-hybridized carbons (Fsp3) is 0.118. The summed E-state index contributed by atoms with van der Waals surface area (Å²) in [7, 11) is 0. The van der Waals surface area contributed by atoms with Gasteiger partial charge < -0.3 is 10.6 Å². The van der Waals surface area contributed by atoms with E-state index >= 15 is 0 Å². The van der Waals surface area contributed by atoms with Crippen LogP contribution in [0.15, 0.2) is 48.5 Å². The Morgan fingerprint density at radius 1 is 1.12 bits per heavy atom. The molecule has 25 heavy (non-hydrogen) atoms. The van der Waals surface area contributed by atoms with Crippen LogP contribution in [0.2, 0.25) is 5.02 Å². The van der Waals surface area contributed by atoms with Crippen LogP contribution >= 0.6 is 11.6 Å². The fourth-order valence-corrected chi connectivity index (χ4v) is 2.37. The lowest BCUT2D eigenvalue weighted by atomic mass is 10.1. The van der Waals surface area contributed by atoms with Gasteiger partial charge in [-0.15, -0.1) is 10.2 Å². The van der Waals surface area contributed by atoms with Crippen LogP contribution in [-0.4, -0.2) is 21.3 Å². The Morgan fingerprint density at radius 3 is 2.48 bits per heavy atom. The van der Waals surface area contributed by atoms with Crippen molar-refractivity contribution in [1.29, 1.82) is 0 Å². The zero-order valence-electron chi connectivity index (χ0n) is 13.3. The van der Waals surface area contributed by atoms with E-state index in [0.717, 1.165) is 11.3 Å². The summed E-state index contributed by atoms with van der Waals surface area (Å²) in [5.41, 5.74) is 1.63. The van der Waals surface area contributed by atoms with E-state index in [9.17, 15) is 9.18 Å². The number of hydrogen-bond acceptors (Lipinski definition) is 4. The Morgan fingerprint density at radius 2 is 1.80 bits per heavy atom. The number of halogens is 2. The summed E-state index contributed by atoms with van der Waals surface area (Å²) in [5, 5.41) is 16.7. The quantitative estimate of drug-likeness (QED) is 0.646. The molecule has 1 amide bonds. The smallest absolute Gasteiger partial charge is 0.276 e. The summed E-state index contributed by atoms with van der Waals surface area (Å²) in [6.45, 7) is 1.80. The first-order valence-electron chi connectivity index (χ1n) is 7.52. The van der Waals surface area contributed by atoms with Crippen molar-refractivity contribution in [3.63, 3.8) is 0 Å². The zero-order chi connectivity index (χ0) is 17.8. The molecule has 1 aromatic heterocycles. The van der Waals surface area contributed by atoms with E-state index < -0.39 is 5.91 Å². The first-order chi connectivity index (χ1) is 12.0. The number of nitrogens with zero attached hydrogens (tertiary/aromatic N) is 2. The lowest BCUT2D eigenvalue weighted by molar-refractivity contribution is 0.0935. The van der Waals surface area contributed by atoms with Crippen molar-refractivity contribution in [3.05, 3.63) is 70.6 Å². The monoisotopic (exact) mass is 359 g/mol. The number of amides is 1. The molecule has 0 aliphatic carbocycles. The van der Waals surface area contributed by atoms with E-state index in [1.165, 1.54) is 12.1 Å². The van der Waals surface area contributed by atoms with Crippen molar-refractivity contribution in [2.24, 2.45) is 0 Å². The van der Waals surface area contributed by atoms with Gasteiger partial charge >= 0.3 is 0 Å². The molecule has 8 heteroatoms. The number of nitrogens with one attached hydrogen (secondary N) is 3. The van der Waals surface area contributed by atoms with Gasteiger partial charge in [-0.3, -0.25) is 4.79 Å². The van der Waals surface area contributed by atoms with Gasteiger partial charge in [0, 0.05) is 10.7 Å².